The number of benzene rings is 2. The fraction of sp³-hybridized carbons (Fsp3) is 0.200. The van der Waals surface area contributed by atoms with E-state index < -0.39 is 27.7 Å². The fourth-order valence-electron chi connectivity index (χ4n) is 3.86. The number of aryl methyl sites for hydroxylation is 1. The van der Waals surface area contributed by atoms with Crippen molar-refractivity contribution in [2.24, 2.45) is 10.9 Å². The second-order valence-corrected chi connectivity index (χ2v) is 8.54. The summed E-state index contributed by atoms with van der Waals surface area (Å²) in [5.41, 5.74) is 8.12. The van der Waals surface area contributed by atoms with Crippen LogP contribution < -0.4 is 10.9 Å². The third-order valence-electron chi connectivity index (χ3n) is 5.17. The Morgan fingerprint density at radius 2 is 1.93 bits per heavy atom. The molecule has 0 saturated heterocycles. The largest absolute Gasteiger partial charge is 0.369 e. The smallest absolute Gasteiger partial charge is 0.240 e. The second kappa shape index (κ2) is 7.09. The van der Waals surface area contributed by atoms with Crippen LogP contribution in [-0.4, -0.2) is 24.1 Å². The van der Waals surface area contributed by atoms with Crippen molar-refractivity contribution in [3.63, 3.8) is 0 Å². The molecule has 7 nitrogen and oxygen atoms in total. The van der Waals surface area contributed by atoms with E-state index in [1.165, 1.54) is 30.3 Å². The Morgan fingerprint density at radius 3 is 2.62 bits per heavy atom. The molecule has 0 fully saturated rings. The molecule has 1 heterocycles. The van der Waals surface area contributed by atoms with E-state index in [1.54, 1.807) is 23.0 Å². The second-order valence-electron chi connectivity index (χ2n) is 7.01. The van der Waals surface area contributed by atoms with Crippen molar-refractivity contribution in [2.45, 2.75) is 30.1 Å². The standard InChI is InChI=1S/C20H19FN4O3S/c21-15-6-2-1-5-14(15)19(20(22)26)12-8-9-17(18(10-12)29(23,27)28)25-16-7-3-4-13(16)11-24-25/h1-2,5-6,8-11,19H,3-4,7H2,(H2,22,26)(H2,23,27,28). The lowest BCUT2D eigenvalue weighted by atomic mass is 9.90. The van der Waals surface area contributed by atoms with Gasteiger partial charge in [0.2, 0.25) is 15.9 Å². The van der Waals surface area contributed by atoms with Crippen LogP contribution in [0.4, 0.5) is 4.39 Å². The Labute approximate surface area is 167 Å². The summed E-state index contributed by atoms with van der Waals surface area (Å²) in [7, 11) is -4.16. The number of nitrogens with zero attached hydrogens (tertiary/aromatic N) is 2. The molecule has 1 atom stereocenters. The minimum Gasteiger partial charge on any atom is -0.369 e. The van der Waals surface area contributed by atoms with Crippen LogP contribution in [0.5, 0.6) is 0 Å². The van der Waals surface area contributed by atoms with Crippen molar-refractivity contribution in [1.29, 1.82) is 0 Å². The summed E-state index contributed by atoms with van der Waals surface area (Å²) < 4.78 is 40.6. The van der Waals surface area contributed by atoms with Crippen LogP contribution in [0.2, 0.25) is 0 Å². The molecule has 1 aliphatic rings. The van der Waals surface area contributed by atoms with Gasteiger partial charge in [0.05, 0.1) is 17.8 Å². The van der Waals surface area contributed by atoms with Crippen LogP contribution in [-0.2, 0) is 27.7 Å². The number of hydrogen-bond acceptors (Lipinski definition) is 4. The number of hydrogen-bond donors (Lipinski definition) is 2. The van der Waals surface area contributed by atoms with Crippen molar-refractivity contribution in [3.05, 3.63) is 76.9 Å². The summed E-state index contributed by atoms with van der Waals surface area (Å²) in [6.45, 7) is 0. The van der Waals surface area contributed by atoms with E-state index in [-0.39, 0.29) is 21.7 Å². The molecule has 0 aliphatic heterocycles. The molecule has 1 unspecified atom stereocenters. The molecule has 4 N–H and O–H groups in total. The summed E-state index contributed by atoms with van der Waals surface area (Å²) in [4.78, 5) is 11.9. The van der Waals surface area contributed by atoms with Crippen molar-refractivity contribution in [3.8, 4) is 5.69 Å². The molecule has 4 rings (SSSR count). The Balaban J connectivity index is 1.90. The lowest BCUT2D eigenvalue weighted by Crippen LogP contribution is -2.24. The van der Waals surface area contributed by atoms with E-state index in [4.69, 9.17) is 10.9 Å². The maximum atomic E-state index is 14.3. The van der Waals surface area contributed by atoms with Gasteiger partial charge in [-0.3, -0.25) is 4.79 Å². The lowest BCUT2D eigenvalue weighted by molar-refractivity contribution is -0.118. The van der Waals surface area contributed by atoms with Gasteiger partial charge in [0.15, 0.2) is 0 Å². The van der Waals surface area contributed by atoms with E-state index >= 15 is 0 Å². The maximum absolute atomic E-state index is 14.3. The number of carbonyl (C=O) groups excluding carboxylic acids is 1. The van der Waals surface area contributed by atoms with E-state index in [0.29, 0.717) is 0 Å². The molecule has 9 heteroatoms. The van der Waals surface area contributed by atoms with E-state index in [2.05, 4.69) is 5.10 Å². The highest BCUT2D eigenvalue weighted by Gasteiger charge is 2.28. The minimum absolute atomic E-state index is 0.0631. The number of halogens is 1. The van der Waals surface area contributed by atoms with Gasteiger partial charge in [-0.25, -0.2) is 22.6 Å². The first-order chi connectivity index (χ1) is 13.8. The van der Waals surface area contributed by atoms with Gasteiger partial charge in [0.25, 0.3) is 0 Å². The first-order valence-corrected chi connectivity index (χ1v) is 10.6. The summed E-state index contributed by atoms with van der Waals surface area (Å²) in [5.74, 6) is -2.57. The maximum Gasteiger partial charge on any atom is 0.240 e. The summed E-state index contributed by atoms with van der Waals surface area (Å²) >= 11 is 0. The number of amides is 1. The highest BCUT2D eigenvalue weighted by molar-refractivity contribution is 7.89. The average Bonchev–Trinajstić information content (AvgIpc) is 3.26. The monoisotopic (exact) mass is 414 g/mol. The Kier molecular flexibility index (Phi) is 4.71. The Bertz CT molecular complexity index is 1220. The van der Waals surface area contributed by atoms with Crippen LogP contribution in [0.15, 0.2) is 53.6 Å². The topological polar surface area (TPSA) is 121 Å². The van der Waals surface area contributed by atoms with Crippen molar-refractivity contribution < 1.29 is 17.6 Å². The van der Waals surface area contributed by atoms with Gasteiger partial charge < -0.3 is 5.73 Å². The zero-order chi connectivity index (χ0) is 20.8. The molecule has 1 amide bonds. The zero-order valence-corrected chi connectivity index (χ0v) is 16.2. The van der Waals surface area contributed by atoms with Crippen LogP contribution in [0.1, 0.15) is 34.7 Å². The normalized spacial score (nSPS) is 14.6. The molecule has 29 heavy (non-hydrogen) atoms. The molecular formula is C20H19FN4O3S. The highest BCUT2D eigenvalue weighted by atomic mass is 32.2. The molecule has 0 spiro atoms. The van der Waals surface area contributed by atoms with Gasteiger partial charge in [0.1, 0.15) is 10.7 Å². The molecule has 1 aliphatic carbocycles. The highest BCUT2D eigenvalue weighted by Crippen LogP contribution is 2.32. The summed E-state index contributed by atoms with van der Waals surface area (Å²) in [6.07, 6.45) is 4.34. The summed E-state index contributed by atoms with van der Waals surface area (Å²) in [6, 6.07) is 10.1. The first-order valence-electron chi connectivity index (χ1n) is 9.04. The van der Waals surface area contributed by atoms with Gasteiger partial charge in [0, 0.05) is 11.3 Å². The molecule has 3 aromatic rings. The molecular weight excluding hydrogens is 395 g/mol. The zero-order valence-electron chi connectivity index (χ0n) is 15.4. The Hall–Kier alpha value is -3.04. The number of rotatable bonds is 5. The number of nitrogens with two attached hydrogens (primary N) is 2. The molecule has 0 radical (unpaired) electrons. The third-order valence-corrected chi connectivity index (χ3v) is 6.11. The minimum atomic E-state index is -4.16. The average molecular weight is 414 g/mol. The molecule has 150 valence electrons. The van der Waals surface area contributed by atoms with Crippen LogP contribution in [0.3, 0.4) is 0 Å². The lowest BCUT2D eigenvalue weighted by Gasteiger charge is -2.18. The number of fused-ring (bicyclic) bond motifs is 1. The van der Waals surface area contributed by atoms with Crippen molar-refractivity contribution >= 4 is 15.9 Å². The van der Waals surface area contributed by atoms with E-state index in [1.807, 2.05) is 0 Å². The van der Waals surface area contributed by atoms with Gasteiger partial charge >= 0.3 is 0 Å². The number of carbonyl (C=O) groups is 1. The number of primary sulfonamides is 1. The SMILES string of the molecule is NC(=O)C(c1ccc(-n2ncc3c2CCC3)c(S(N)(=O)=O)c1)c1ccccc1F. The fourth-order valence-corrected chi connectivity index (χ4v) is 4.60. The molecule has 2 aromatic carbocycles. The van der Waals surface area contributed by atoms with Crippen molar-refractivity contribution in [1.82, 2.24) is 9.78 Å². The van der Waals surface area contributed by atoms with E-state index in [9.17, 15) is 17.6 Å². The predicted octanol–water partition coefficient (Wildman–Crippen LogP) is 1.76. The van der Waals surface area contributed by atoms with Gasteiger partial charge in [-0.15, -0.1) is 0 Å². The molecule has 0 bridgehead atoms. The summed E-state index contributed by atoms with van der Waals surface area (Å²) in [5, 5.41) is 9.77. The van der Waals surface area contributed by atoms with Gasteiger partial charge in [-0.2, -0.15) is 5.10 Å². The molecule has 1 aromatic heterocycles. The Morgan fingerprint density at radius 1 is 1.17 bits per heavy atom. The van der Waals surface area contributed by atoms with Crippen LogP contribution >= 0.6 is 0 Å². The van der Waals surface area contributed by atoms with Gasteiger partial charge in [-0.1, -0.05) is 24.3 Å². The van der Waals surface area contributed by atoms with Gasteiger partial charge in [-0.05, 0) is 48.6 Å². The number of primary amides is 1. The van der Waals surface area contributed by atoms with E-state index in [0.717, 1.165) is 30.5 Å². The number of aromatic nitrogens is 2. The quantitative estimate of drug-likeness (QED) is 0.661. The molecule has 0 saturated carbocycles. The third kappa shape index (κ3) is 3.43. The predicted molar refractivity (Wildman–Crippen MR) is 104 cm³/mol. The first kappa shape index (κ1) is 19.3. The number of sulfonamides is 1. The van der Waals surface area contributed by atoms with Crippen LogP contribution in [0.25, 0.3) is 5.69 Å². The van der Waals surface area contributed by atoms with Crippen LogP contribution in [0, 0.1) is 5.82 Å². The van der Waals surface area contributed by atoms with Crippen molar-refractivity contribution in [2.75, 3.05) is 0 Å².